The molecule has 246 valence electrons. The molecule has 10 nitrogen and oxygen atoms in total. The maximum atomic E-state index is 12.2. The van der Waals surface area contributed by atoms with Crippen LogP contribution in [0.4, 0.5) is 0 Å². The Balaban J connectivity index is 1.28. The van der Waals surface area contributed by atoms with E-state index in [1.54, 1.807) is 0 Å². The summed E-state index contributed by atoms with van der Waals surface area (Å²) >= 11 is 0. The number of rotatable bonds is 11. The average molecular weight is 607 g/mol. The zero-order valence-corrected chi connectivity index (χ0v) is 27.1. The Hall–Kier alpha value is -1.59. The fourth-order valence-corrected chi connectivity index (χ4v) is 8.36. The minimum Gasteiger partial charge on any atom is -0.463 e. The van der Waals surface area contributed by atoms with Crippen molar-refractivity contribution < 1.29 is 29.0 Å². The van der Waals surface area contributed by atoms with Crippen molar-refractivity contribution in [3.63, 3.8) is 0 Å². The SMILES string of the molecule is CC(=O)CC(=O)OCCNC(=O)COC1CCC(C2NC(C3CCC(C)CC3C)NC(C3CCC(C)CC3C)N2)C(O)C1. The molecule has 0 bridgehead atoms. The van der Waals surface area contributed by atoms with Crippen LogP contribution >= 0.6 is 0 Å². The molecule has 3 saturated carbocycles. The van der Waals surface area contributed by atoms with Gasteiger partial charge in [-0.15, -0.1) is 0 Å². The van der Waals surface area contributed by atoms with Crippen LogP contribution in [0.2, 0.25) is 0 Å². The van der Waals surface area contributed by atoms with Crippen molar-refractivity contribution >= 4 is 17.7 Å². The van der Waals surface area contributed by atoms with Gasteiger partial charge >= 0.3 is 5.97 Å². The summed E-state index contributed by atoms with van der Waals surface area (Å²) in [5, 5.41) is 25.9. The van der Waals surface area contributed by atoms with Crippen LogP contribution in [-0.2, 0) is 23.9 Å². The van der Waals surface area contributed by atoms with Crippen LogP contribution < -0.4 is 21.3 Å². The maximum Gasteiger partial charge on any atom is 0.313 e. The summed E-state index contributed by atoms with van der Waals surface area (Å²) in [6, 6.07) is 0. The number of amides is 1. The summed E-state index contributed by atoms with van der Waals surface area (Å²) in [5.74, 6) is 2.97. The van der Waals surface area contributed by atoms with Crippen molar-refractivity contribution in [2.45, 2.75) is 130 Å². The van der Waals surface area contributed by atoms with E-state index in [0.29, 0.717) is 30.1 Å². The third kappa shape index (κ3) is 9.95. The van der Waals surface area contributed by atoms with E-state index in [1.807, 2.05) is 0 Å². The van der Waals surface area contributed by atoms with Crippen LogP contribution in [0.5, 0.6) is 0 Å². The van der Waals surface area contributed by atoms with Crippen molar-refractivity contribution in [2.24, 2.45) is 41.4 Å². The molecule has 3 aliphatic carbocycles. The number of hydrogen-bond acceptors (Lipinski definition) is 9. The molecule has 1 saturated heterocycles. The van der Waals surface area contributed by atoms with Crippen LogP contribution in [0, 0.1) is 41.4 Å². The molecule has 0 aromatic carbocycles. The molecule has 0 aromatic rings. The molecule has 1 aliphatic heterocycles. The molecule has 43 heavy (non-hydrogen) atoms. The van der Waals surface area contributed by atoms with Gasteiger partial charge in [0, 0.05) is 5.92 Å². The number of nitrogens with one attached hydrogen (secondary N) is 4. The van der Waals surface area contributed by atoms with Crippen molar-refractivity contribution in [3.05, 3.63) is 0 Å². The zero-order chi connectivity index (χ0) is 31.1. The third-order valence-corrected chi connectivity index (χ3v) is 10.7. The Morgan fingerprint density at radius 2 is 1.30 bits per heavy atom. The predicted molar refractivity (Wildman–Crippen MR) is 164 cm³/mol. The first-order chi connectivity index (χ1) is 20.5. The van der Waals surface area contributed by atoms with Crippen LogP contribution in [-0.4, -0.2) is 73.2 Å². The molecular weight excluding hydrogens is 548 g/mol. The number of Topliss-reactive ketones (excluding diaryl/α,β-unsaturated/α-hetero) is 1. The van der Waals surface area contributed by atoms with E-state index in [9.17, 15) is 19.5 Å². The topological polar surface area (TPSA) is 138 Å². The first-order valence-electron chi connectivity index (χ1n) is 17.0. The fraction of sp³-hybridized carbons (Fsp3) is 0.909. The Morgan fingerprint density at radius 1 is 0.767 bits per heavy atom. The Labute approximate surface area is 258 Å². The monoisotopic (exact) mass is 606 g/mol. The highest BCUT2D eigenvalue weighted by Crippen LogP contribution is 2.40. The second-order valence-corrected chi connectivity index (χ2v) is 14.5. The molecule has 1 heterocycles. The first kappa shape index (κ1) is 34.3. The lowest BCUT2D eigenvalue weighted by Gasteiger charge is -2.52. The van der Waals surface area contributed by atoms with Gasteiger partial charge in [-0.05, 0) is 87.4 Å². The zero-order valence-electron chi connectivity index (χ0n) is 27.1. The maximum absolute atomic E-state index is 12.2. The molecule has 0 aromatic heterocycles. The van der Waals surface area contributed by atoms with E-state index < -0.39 is 12.1 Å². The van der Waals surface area contributed by atoms with Gasteiger partial charge in [0.2, 0.25) is 5.91 Å². The van der Waals surface area contributed by atoms with E-state index >= 15 is 0 Å². The highest BCUT2D eigenvalue weighted by atomic mass is 16.5. The van der Waals surface area contributed by atoms with Crippen molar-refractivity contribution in [3.8, 4) is 0 Å². The molecule has 11 atom stereocenters. The molecule has 4 aliphatic rings. The van der Waals surface area contributed by atoms with Gasteiger partial charge in [0.25, 0.3) is 0 Å². The van der Waals surface area contributed by atoms with Gasteiger partial charge in [-0.3, -0.25) is 30.3 Å². The molecular formula is C33H58N4O6. The summed E-state index contributed by atoms with van der Waals surface area (Å²) in [6.07, 6.45) is 9.19. The molecule has 5 N–H and O–H groups in total. The molecule has 4 fully saturated rings. The number of ether oxygens (including phenoxy) is 2. The molecule has 4 rings (SSSR count). The second-order valence-electron chi connectivity index (χ2n) is 14.5. The summed E-state index contributed by atoms with van der Waals surface area (Å²) < 4.78 is 10.8. The lowest BCUT2D eigenvalue weighted by Crippen LogP contribution is -2.74. The Bertz CT molecular complexity index is 901. The fourth-order valence-electron chi connectivity index (χ4n) is 8.36. The molecule has 1 amide bonds. The summed E-state index contributed by atoms with van der Waals surface area (Å²) in [6.45, 7) is 11.0. The molecule has 0 spiro atoms. The Kier molecular flexibility index (Phi) is 12.8. The van der Waals surface area contributed by atoms with Crippen LogP contribution in [0.3, 0.4) is 0 Å². The predicted octanol–water partition coefficient (Wildman–Crippen LogP) is 3.08. The summed E-state index contributed by atoms with van der Waals surface area (Å²) in [4.78, 5) is 34.6. The molecule has 11 unspecified atom stereocenters. The smallest absolute Gasteiger partial charge is 0.313 e. The van der Waals surface area contributed by atoms with Gasteiger partial charge in [-0.25, -0.2) is 0 Å². The molecule has 10 heteroatoms. The Morgan fingerprint density at radius 3 is 1.81 bits per heavy atom. The number of ketones is 1. The van der Waals surface area contributed by atoms with E-state index in [-0.39, 0.29) is 68.4 Å². The van der Waals surface area contributed by atoms with E-state index in [1.165, 1.54) is 45.4 Å². The number of carbonyl (C=O) groups is 3. The number of hydrogen-bond donors (Lipinski definition) is 5. The van der Waals surface area contributed by atoms with Gasteiger partial charge < -0.3 is 19.9 Å². The minimum absolute atomic E-state index is 0.0111. The third-order valence-electron chi connectivity index (χ3n) is 10.7. The summed E-state index contributed by atoms with van der Waals surface area (Å²) in [7, 11) is 0. The van der Waals surface area contributed by atoms with E-state index in [4.69, 9.17) is 9.47 Å². The lowest BCUT2D eigenvalue weighted by molar-refractivity contribution is -0.146. The number of esters is 1. The van der Waals surface area contributed by atoms with E-state index in [0.717, 1.165) is 24.7 Å². The second kappa shape index (κ2) is 16.1. The van der Waals surface area contributed by atoms with Crippen LogP contribution in [0.1, 0.15) is 98.8 Å². The van der Waals surface area contributed by atoms with Crippen molar-refractivity contribution in [2.75, 3.05) is 19.8 Å². The van der Waals surface area contributed by atoms with Crippen molar-refractivity contribution in [1.29, 1.82) is 0 Å². The number of carbonyl (C=O) groups excluding carboxylic acids is 3. The van der Waals surface area contributed by atoms with E-state index in [2.05, 4.69) is 49.0 Å². The average Bonchev–Trinajstić information content (AvgIpc) is 2.93. The minimum atomic E-state index is -0.593. The van der Waals surface area contributed by atoms with Gasteiger partial charge in [-0.1, -0.05) is 40.5 Å². The highest BCUT2D eigenvalue weighted by molar-refractivity contribution is 5.94. The van der Waals surface area contributed by atoms with Gasteiger partial charge in [-0.2, -0.15) is 0 Å². The van der Waals surface area contributed by atoms with Crippen molar-refractivity contribution in [1.82, 2.24) is 21.3 Å². The standard InChI is InChI=1S/C33H58N4O6/c1-19-6-9-25(21(3)14-19)31-35-32(26-10-7-20(2)15-22(26)4)37-33(36-31)27-11-8-24(17-28(27)39)43-18-29(40)34-12-13-42-30(41)16-23(5)38/h19-22,24-28,31-33,35-37,39H,6-18H2,1-5H3,(H,34,40). The highest BCUT2D eigenvalue weighted by Gasteiger charge is 2.45. The van der Waals surface area contributed by atoms with Crippen LogP contribution in [0.25, 0.3) is 0 Å². The normalized spacial score (nSPS) is 40.4. The lowest BCUT2D eigenvalue weighted by atomic mass is 9.71. The van der Waals surface area contributed by atoms with Gasteiger partial charge in [0.15, 0.2) is 0 Å². The largest absolute Gasteiger partial charge is 0.463 e. The van der Waals surface area contributed by atoms with Gasteiger partial charge in [0.05, 0.1) is 37.3 Å². The molecule has 0 radical (unpaired) electrons. The first-order valence-corrected chi connectivity index (χ1v) is 17.0. The van der Waals surface area contributed by atoms with Crippen LogP contribution in [0.15, 0.2) is 0 Å². The quantitative estimate of drug-likeness (QED) is 0.136. The number of aliphatic hydroxyl groups excluding tert-OH is 1. The number of aliphatic hydroxyl groups is 1. The van der Waals surface area contributed by atoms with Gasteiger partial charge in [0.1, 0.15) is 25.4 Å². The summed E-state index contributed by atoms with van der Waals surface area (Å²) in [5.41, 5.74) is 0.